The van der Waals surface area contributed by atoms with E-state index in [4.69, 9.17) is 0 Å². The summed E-state index contributed by atoms with van der Waals surface area (Å²) in [5.74, 6) is -0.522. The minimum absolute atomic E-state index is 0.156. The summed E-state index contributed by atoms with van der Waals surface area (Å²) in [6, 6.07) is 14.1. The second-order valence-electron chi connectivity index (χ2n) is 3.99. The topological polar surface area (TPSA) is 72.5 Å². The summed E-state index contributed by atoms with van der Waals surface area (Å²) >= 11 is 0. The number of hydrogen-bond donors (Lipinski definition) is 1. The van der Waals surface area contributed by atoms with Crippen LogP contribution in [0.2, 0.25) is 0 Å². The number of methoxy groups -OCH3 is 1. The van der Waals surface area contributed by atoms with Crippen LogP contribution in [-0.2, 0) is 14.8 Å². The molecule has 0 heterocycles. The molecule has 1 N–H and O–H groups in total. The van der Waals surface area contributed by atoms with Crippen LogP contribution in [0.5, 0.6) is 0 Å². The van der Waals surface area contributed by atoms with E-state index in [1.54, 1.807) is 36.4 Å². The largest absolute Gasteiger partial charge is 0.465 e. The van der Waals surface area contributed by atoms with Gasteiger partial charge in [0.1, 0.15) is 0 Å². The lowest BCUT2D eigenvalue weighted by Gasteiger charge is -2.08. The van der Waals surface area contributed by atoms with E-state index < -0.39 is 16.0 Å². The predicted molar refractivity (Wildman–Crippen MR) is 75.0 cm³/mol. The lowest BCUT2D eigenvalue weighted by atomic mass is 10.2. The highest BCUT2D eigenvalue weighted by Crippen LogP contribution is 2.17. The van der Waals surface area contributed by atoms with Crippen LogP contribution in [0.3, 0.4) is 0 Å². The molecule has 2 aromatic rings. The Hall–Kier alpha value is -2.34. The zero-order valence-electron chi connectivity index (χ0n) is 10.7. The van der Waals surface area contributed by atoms with Gasteiger partial charge in [-0.25, -0.2) is 13.2 Å². The molecule has 0 aliphatic rings. The van der Waals surface area contributed by atoms with Crippen LogP contribution in [0, 0.1) is 0 Å². The Labute approximate surface area is 117 Å². The van der Waals surface area contributed by atoms with Crippen LogP contribution in [0.4, 0.5) is 5.69 Å². The zero-order valence-corrected chi connectivity index (χ0v) is 11.6. The van der Waals surface area contributed by atoms with Crippen molar-refractivity contribution in [1.29, 1.82) is 0 Å². The molecular formula is C14H13NO4S. The molecule has 5 nitrogen and oxygen atoms in total. The van der Waals surface area contributed by atoms with Crippen LogP contribution in [0.25, 0.3) is 0 Å². The summed E-state index contributed by atoms with van der Waals surface area (Å²) < 4.78 is 31.3. The van der Waals surface area contributed by atoms with Crippen molar-refractivity contribution in [3.8, 4) is 0 Å². The molecule has 0 unspecified atom stereocenters. The fraction of sp³-hybridized carbons (Fsp3) is 0.0714. The van der Waals surface area contributed by atoms with Crippen LogP contribution in [-0.4, -0.2) is 21.5 Å². The predicted octanol–water partition coefficient (Wildman–Crippen LogP) is 2.27. The van der Waals surface area contributed by atoms with E-state index in [1.165, 1.54) is 25.3 Å². The molecule has 0 aromatic heterocycles. The number of benzene rings is 2. The quantitative estimate of drug-likeness (QED) is 0.877. The third-order valence-corrected chi connectivity index (χ3v) is 3.99. The minimum atomic E-state index is -3.66. The first-order chi connectivity index (χ1) is 9.53. The Morgan fingerprint density at radius 1 is 1.05 bits per heavy atom. The first kappa shape index (κ1) is 14.1. The van der Waals surface area contributed by atoms with Gasteiger partial charge in [0, 0.05) is 5.69 Å². The van der Waals surface area contributed by atoms with E-state index in [-0.39, 0.29) is 10.5 Å². The Balaban J connectivity index is 2.29. The lowest BCUT2D eigenvalue weighted by Crippen LogP contribution is -2.13. The van der Waals surface area contributed by atoms with Crippen LogP contribution < -0.4 is 4.72 Å². The normalized spacial score (nSPS) is 10.8. The summed E-state index contributed by atoms with van der Waals surface area (Å²) in [5.41, 5.74) is 0.581. The molecule has 0 atom stereocenters. The fourth-order valence-electron chi connectivity index (χ4n) is 1.64. The summed E-state index contributed by atoms with van der Waals surface area (Å²) in [6.45, 7) is 0. The summed E-state index contributed by atoms with van der Waals surface area (Å²) in [5, 5.41) is 0. The highest BCUT2D eigenvalue weighted by Gasteiger charge is 2.14. The number of sulfonamides is 1. The molecule has 2 aromatic carbocycles. The van der Waals surface area contributed by atoms with Crippen molar-refractivity contribution in [1.82, 2.24) is 0 Å². The molecule has 6 heteroatoms. The molecule has 0 saturated carbocycles. The maximum Gasteiger partial charge on any atom is 0.337 e. The van der Waals surface area contributed by atoms with Gasteiger partial charge in [-0.3, -0.25) is 4.72 Å². The fourth-order valence-corrected chi connectivity index (χ4v) is 2.71. The third-order valence-electron chi connectivity index (χ3n) is 2.59. The summed E-state index contributed by atoms with van der Waals surface area (Å²) in [6.07, 6.45) is 0. The van der Waals surface area contributed by atoms with Crippen molar-refractivity contribution in [2.75, 3.05) is 11.8 Å². The molecule has 0 aliphatic carbocycles. The summed E-state index contributed by atoms with van der Waals surface area (Å²) in [7, 11) is -2.40. The van der Waals surface area contributed by atoms with Crippen molar-refractivity contribution >= 4 is 21.7 Å². The second-order valence-corrected chi connectivity index (χ2v) is 5.67. The average Bonchev–Trinajstić information content (AvgIpc) is 2.47. The van der Waals surface area contributed by atoms with Gasteiger partial charge >= 0.3 is 5.97 Å². The van der Waals surface area contributed by atoms with Crippen LogP contribution in [0.15, 0.2) is 59.5 Å². The first-order valence-corrected chi connectivity index (χ1v) is 7.27. The molecule has 0 spiro atoms. The van der Waals surface area contributed by atoms with Crippen LogP contribution >= 0.6 is 0 Å². The molecule has 0 saturated heterocycles. The van der Waals surface area contributed by atoms with Gasteiger partial charge in [-0.05, 0) is 30.3 Å². The highest BCUT2D eigenvalue weighted by atomic mass is 32.2. The molecular weight excluding hydrogens is 278 g/mol. The van der Waals surface area contributed by atoms with Crippen molar-refractivity contribution in [3.05, 3.63) is 60.2 Å². The third kappa shape index (κ3) is 3.16. The SMILES string of the molecule is COC(=O)c1cccc(NS(=O)(=O)c2ccccc2)c1. The molecule has 0 fully saturated rings. The number of anilines is 1. The van der Waals surface area contributed by atoms with Gasteiger partial charge in [-0.2, -0.15) is 0 Å². The zero-order chi connectivity index (χ0) is 14.6. The number of rotatable bonds is 4. The number of ether oxygens (including phenoxy) is 1. The average molecular weight is 291 g/mol. The summed E-state index contributed by atoms with van der Waals surface area (Å²) in [4.78, 5) is 11.6. The first-order valence-electron chi connectivity index (χ1n) is 5.79. The number of carbonyl (C=O) groups excluding carboxylic acids is 1. The Bertz CT molecular complexity index is 711. The Morgan fingerprint density at radius 2 is 1.75 bits per heavy atom. The Morgan fingerprint density at radius 3 is 2.40 bits per heavy atom. The molecule has 0 bridgehead atoms. The van der Waals surface area contributed by atoms with Gasteiger partial charge in [0.05, 0.1) is 17.6 Å². The number of nitrogens with one attached hydrogen (secondary N) is 1. The maximum absolute atomic E-state index is 12.1. The highest BCUT2D eigenvalue weighted by molar-refractivity contribution is 7.92. The molecule has 104 valence electrons. The smallest absolute Gasteiger partial charge is 0.337 e. The number of carbonyl (C=O) groups is 1. The Kier molecular flexibility index (Phi) is 4.05. The molecule has 2 rings (SSSR count). The van der Waals surface area contributed by atoms with Crippen molar-refractivity contribution in [2.24, 2.45) is 0 Å². The van der Waals surface area contributed by atoms with E-state index in [0.717, 1.165) is 0 Å². The maximum atomic E-state index is 12.1. The van der Waals surface area contributed by atoms with Gasteiger partial charge < -0.3 is 4.74 Å². The monoisotopic (exact) mass is 291 g/mol. The van der Waals surface area contributed by atoms with E-state index in [9.17, 15) is 13.2 Å². The molecule has 0 amide bonds. The van der Waals surface area contributed by atoms with E-state index in [1.807, 2.05) is 0 Å². The second kappa shape index (κ2) is 5.75. The van der Waals surface area contributed by atoms with Crippen LogP contribution in [0.1, 0.15) is 10.4 Å². The van der Waals surface area contributed by atoms with Gasteiger partial charge in [0.25, 0.3) is 10.0 Å². The van der Waals surface area contributed by atoms with Crippen molar-refractivity contribution in [2.45, 2.75) is 4.90 Å². The number of esters is 1. The number of hydrogen-bond acceptors (Lipinski definition) is 4. The van der Waals surface area contributed by atoms with E-state index in [0.29, 0.717) is 5.69 Å². The molecule has 20 heavy (non-hydrogen) atoms. The molecule has 0 aliphatic heterocycles. The van der Waals surface area contributed by atoms with Gasteiger partial charge in [0.15, 0.2) is 0 Å². The van der Waals surface area contributed by atoms with Crippen molar-refractivity contribution < 1.29 is 17.9 Å². The van der Waals surface area contributed by atoms with Gasteiger partial charge in [-0.1, -0.05) is 24.3 Å². The van der Waals surface area contributed by atoms with Crippen molar-refractivity contribution in [3.63, 3.8) is 0 Å². The lowest BCUT2D eigenvalue weighted by molar-refractivity contribution is 0.0601. The van der Waals surface area contributed by atoms with E-state index >= 15 is 0 Å². The van der Waals surface area contributed by atoms with E-state index in [2.05, 4.69) is 9.46 Å². The van der Waals surface area contributed by atoms with Gasteiger partial charge in [0.2, 0.25) is 0 Å². The van der Waals surface area contributed by atoms with Gasteiger partial charge in [-0.15, -0.1) is 0 Å². The molecule has 0 radical (unpaired) electrons. The minimum Gasteiger partial charge on any atom is -0.465 e. The standard InChI is InChI=1S/C14H13NO4S/c1-19-14(16)11-6-5-7-12(10-11)15-20(17,18)13-8-3-2-4-9-13/h2-10,15H,1H3.